The number of para-hydroxylation sites is 1. The number of nitrogens with one attached hydrogen (secondary N) is 1. The number of H-pyrrole nitrogens is 1. The number of amides is 2. The molecule has 1 fully saturated rings. The molecule has 0 atom stereocenters. The van der Waals surface area contributed by atoms with E-state index in [0.29, 0.717) is 39.2 Å². The number of carbonyl (C=O) groups excluding carboxylic acids is 2. The van der Waals surface area contributed by atoms with Gasteiger partial charge in [0.15, 0.2) is 0 Å². The van der Waals surface area contributed by atoms with Crippen molar-refractivity contribution in [2.24, 2.45) is 0 Å². The van der Waals surface area contributed by atoms with Crippen LogP contribution in [0.15, 0.2) is 24.3 Å². The number of hydrogen-bond acceptors (Lipinski definition) is 3. The molecule has 1 saturated heterocycles. The van der Waals surface area contributed by atoms with E-state index in [-0.39, 0.29) is 12.0 Å². The molecule has 2 aromatic rings. The first-order valence-corrected chi connectivity index (χ1v) is 8.35. The Kier molecular flexibility index (Phi) is 4.74. The minimum absolute atomic E-state index is 0.103. The first-order chi connectivity index (χ1) is 11.6. The Morgan fingerprint density at radius 3 is 2.50 bits per heavy atom. The van der Waals surface area contributed by atoms with Crippen LogP contribution in [0.2, 0.25) is 0 Å². The number of aromatic amines is 1. The molecule has 1 aliphatic rings. The van der Waals surface area contributed by atoms with E-state index in [1.807, 2.05) is 36.1 Å². The number of rotatable bonds is 3. The number of fused-ring (bicyclic) bond motifs is 1. The van der Waals surface area contributed by atoms with Crippen LogP contribution in [0.3, 0.4) is 0 Å². The number of nitrogens with zero attached hydrogens (tertiary/aromatic N) is 2. The molecule has 0 saturated carbocycles. The fraction of sp³-hybridized carbons (Fsp3) is 0.444. The largest absolute Gasteiger partial charge is 0.450 e. The highest BCUT2D eigenvalue weighted by Gasteiger charge is 2.25. The van der Waals surface area contributed by atoms with Crippen LogP contribution in [0, 0.1) is 6.92 Å². The third kappa shape index (κ3) is 3.22. The summed E-state index contributed by atoms with van der Waals surface area (Å²) in [5, 5.41) is 1.11. The molecule has 1 aromatic heterocycles. The van der Waals surface area contributed by atoms with Crippen molar-refractivity contribution in [3.8, 4) is 0 Å². The van der Waals surface area contributed by atoms with Crippen LogP contribution in [0.5, 0.6) is 0 Å². The van der Waals surface area contributed by atoms with Gasteiger partial charge in [0.25, 0.3) is 0 Å². The highest BCUT2D eigenvalue weighted by atomic mass is 16.6. The van der Waals surface area contributed by atoms with E-state index in [4.69, 9.17) is 4.74 Å². The average molecular weight is 329 g/mol. The summed E-state index contributed by atoms with van der Waals surface area (Å²) >= 11 is 0. The van der Waals surface area contributed by atoms with Crippen molar-refractivity contribution in [1.29, 1.82) is 0 Å². The number of carbonyl (C=O) groups is 2. The zero-order valence-corrected chi connectivity index (χ0v) is 14.2. The molecule has 0 spiro atoms. The molecule has 6 nitrogen and oxygen atoms in total. The van der Waals surface area contributed by atoms with Crippen LogP contribution in [-0.2, 0) is 16.0 Å². The van der Waals surface area contributed by atoms with Crippen molar-refractivity contribution in [2.45, 2.75) is 20.3 Å². The molecular weight excluding hydrogens is 306 g/mol. The van der Waals surface area contributed by atoms with Crippen molar-refractivity contribution < 1.29 is 14.3 Å². The van der Waals surface area contributed by atoms with Crippen LogP contribution in [-0.4, -0.2) is 59.6 Å². The number of ether oxygens (including phenoxy) is 1. The fourth-order valence-corrected chi connectivity index (χ4v) is 3.18. The molecule has 1 N–H and O–H groups in total. The van der Waals surface area contributed by atoms with E-state index in [9.17, 15) is 9.59 Å². The molecule has 3 rings (SSSR count). The topological polar surface area (TPSA) is 65.6 Å². The molecule has 1 aliphatic heterocycles. The number of aromatic nitrogens is 1. The smallest absolute Gasteiger partial charge is 0.409 e. The molecule has 0 unspecified atom stereocenters. The normalized spacial score (nSPS) is 14.9. The van der Waals surface area contributed by atoms with Gasteiger partial charge in [0, 0.05) is 42.8 Å². The van der Waals surface area contributed by atoms with Gasteiger partial charge >= 0.3 is 6.09 Å². The Balaban J connectivity index is 1.64. The van der Waals surface area contributed by atoms with Gasteiger partial charge in [0.1, 0.15) is 0 Å². The molecule has 128 valence electrons. The first-order valence-electron chi connectivity index (χ1n) is 8.35. The Labute approximate surface area is 141 Å². The zero-order chi connectivity index (χ0) is 17.1. The maximum Gasteiger partial charge on any atom is 0.409 e. The molecule has 24 heavy (non-hydrogen) atoms. The Hall–Kier alpha value is -2.50. The Morgan fingerprint density at radius 1 is 1.12 bits per heavy atom. The van der Waals surface area contributed by atoms with Crippen LogP contribution in [0.4, 0.5) is 4.79 Å². The second-order valence-electron chi connectivity index (χ2n) is 6.02. The molecule has 1 aromatic carbocycles. The van der Waals surface area contributed by atoms with E-state index in [1.54, 1.807) is 11.8 Å². The zero-order valence-electron chi connectivity index (χ0n) is 14.2. The first kappa shape index (κ1) is 16.4. The van der Waals surface area contributed by atoms with E-state index in [1.165, 1.54) is 0 Å². The minimum Gasteiger partial charge on any atom is -0.450 e. The lowest BCUT2D eigenvalue weighted by Crippen LogP contribution is -2.51. The number of benzene rings is 1. The minimum atomic E-state index is -0.294. The standard InChI is InChI=1S/C18H23N3O3/c1-3-24-18(23)21-10-8-20(9-11-21)17(22)12-15-13(2)19-16-7-5-4-6-14(15)16/h4-7,19H,3,8-12H2,1-2H3. The van der Waals surface area contributed by atoms with E-state index in [2.05, 4.69) is 4.98 Å². The quantitative estimate of drug-likeness (QED) is 0.940. The van der Waals surface area contributed by atoms with Crippen LogP contribution >= 0.6 is 0 Å². The second kappa shape index (κ2) is 6.95. The maximum atomic E-state index is 12.6. The predicted octanol–water partition coefficient (Wildman–Crippen LogP) is 2.32. The van der Waals surface area contributed by atoms with Gasteiger partial charge in [-0.05, 0) is 25.5 Å². The van der Waals surface area contributed by atoms with Crippen LogP contribution in [0.1, 0.15) is 18.2 Å². The molecule has 2 amide bonds. The number of hydrogen-bond donors (Lipinski definition) is 1. The van der Waals surface area contributed by atoms with Crippen LogP contribution in [0.25, 0.3) is 10.9 Å². The summed E-state index contributed by atoms with van der Waals surface area (Å²) in [6.45, 7) is 6.33. The molecular formula is C18H23N3O3. The third-order valence-electron chi connectivity index (χ3n) is 4.51. The van der Waals surface area contributed by atoms with Gasteiger partial charge in [-0.15, -0.1) is 0 Å². The number of piperazine rings is 1. The van der Waals surface area contributed by atoms with Gasteiger partial charge in [-0.2, -0.15) is 0 Å². The van der Waals surface area contributed by atoms with E-state index < -0.39 is 0 Å². The van der Waals surface area contributed by atoms with Gasteiger partial charge in [0.05, 0.1) is 13.0 Å². The summed E-state index contributed by atoms with van der Waals surface area (Å²) in [5.41, 5.74) is 3.16. The molecule has 0 bridgehead atoms. The number of aryl methyl sites for hydroxylation is 1. The van der Waals surface area contributed by atoms with Crippen LogP contribution < -0.4 is 0 Å². The van der Waals surface area contributed by atoms with Crippen molar-refractivity contribution in [1.82, 2.24) is 14.8 Å². The highest BCUT2D eigenvalue weighted by Crippen LogP contribution is 2.23. The Morgan fingerprint density at radius 2 is 1.79 bits per heavy atom. The van der Waals surface area contributed by atoms with Crippen molar-refractivity contribution in [2.75, 3.05) is 32.8 Å². The van der Waals surface area contributed by atoms with Gasteiger partial charge in [-0.1, -0.05) is 18.2 Å². The Bertz CT molecular complexity index is 745. The van der Waals surface area contributed by atoms with Gasteiger partial charge in [0.2, 0.25) is 5.91 Å². The molecule has 2 heterocycles. The van der Waals surface area contributed by atoms with Gasteiger partial charge in [-0.3, -0.25) is 4.79 Å². The summed E-state index contributed by atoms with van der Waals surface area (Å²) in [6, 6.07) is 8.04. The SMILES string of the molecule is CCOC(=O)N1CCN(C(=O)Cc2c(C)[nH]c3ccccc23)CC1. The summed E-state index contributed by atoms with van der Waals surface area (Å²) in [5.74, 6) is 0.103. The summed E-state index contributed by atoms with van der Waals surface area (Å²) in [7, 11) is 0. The van der Waals surface area contributed by atoms with E-state index >= 15 is 0 Å². The summed E-state index contributed by atoms with van der Waals surface area (Å²) < 4.78 is 5.01. The van der Waals surface area contributed by atoms with Crippen molar-refractivity contribution in [3.05, 3.63) is 35.5 Å². The maximum absolute atomic E-state index is 12.6. The molecule has 0 aliphatic carbocycles. The third-order valence-corrected chi connectivity index (χ3v) is 4.51. The fourth-order valence-electron chi connectivity index (χ4n) is 3.18. The van der Waals surface area contributed by atoms with Gasteiger partial charge in [-0.25, -0.2) is 4.79 Å². The van der Waals surface area contributed by atoms with Crippen molar-refractivity contribution in [3.63, 3.8) is 0 Å². The summed E-state index contributed by atoms with van der Waals surface area (Å²) in [4.78, 5) is 31.2. The van der Waals surface area contributed by atoms with Gasteiger partial charge < -0.3 is 19.5 Å². The monoisotopic (exact) mass is 329 g/mol. The van der Waals surface area contributed by atoms with Crippen molar-refractivity contribution >= 4 is 22.9 Å². The average Bonchev–Trinajstić information content (AvgIpc) is 2.91. The lowest BCUT2D eigenvalue weighted by atomic mass is 10.1. The second-order valence-corrected chi connectivity index (χ2v) is 6.02. The summed E-state index contributed by atoms with van der Waals surface area (Å²) in [6.07, 6.45) is 0.0898. The molecule has 0 radical (unpaired) electrons. The molecule has 6 heteroatoms. The lowest BCUT2D eigenvalue weighted by molar-refractivity contribution is -0.132. The van der Waals surface area contributed by atoms with E-state index in [0.717, 1.165) is 22.2 Å². The highest BCUT2D eigenvalue weighted by molar-refractivity contribution is 5.90. The lowest BCUT2D eigenvalue weighted by Gasteiger charge is -2.34. The predicted molar refractivity (Wildman–Crippen MR) is 91.9 cm³/mol.